The van der Waals surface area contributed by atoms with Gasteiger partial charge in [-0.3, -0.25) is 0 Å². The Hall–Kier alpha value is -0.600. The summed E-state index contributed by atoms with van der Waals surface area (Å²) in [7, 11) is 1.61. The molecule has 0 heterocycles. The van der Waals surface area contributed by atoms with Crippen LogP contribution in [0.5, 0.6) is 5.75 Å². The molecule has 0 radical (unpaired) electrons. The van der Waals surface area contributed by atoms with E-state index in [1.54, 1.807) is 7.11 Å². The lowest BCUT2D eigenvalue weighted by Gasteiger charge is -2.10. The quantitative estimate of drug-likeness (QED) is 0.462. The third-order valence-electron chi connectivity index (χ3n) is 1.97. The molecular weight excluding hydrogens is 340 g/mol. The molecule has 1 aromatic carbocycles. The van der Waals surface area contributed by atoms with Crippen molar-refractivity contribution < 1.29 is 18.6 Å². The molecule has 0 amide bonds. The number of ether oxygens (including phenoxy) is 3. The van der Waals surface area contributed by atoms with Crippen molar-refractivity contribution in [2.75, 3.05) is 39.3 Å². The van der Waals surface area contributed by atoms with E-state index in [0.29, 0.717) is 41.4 Å². The highest BCUT2D eigenvalue weighted by atomic mass is 127. The number of hydrogen-bond acceptors (Lipinski definition) is 4. The first-order chi connectivity index (χ1) is 8.15. The van der Waals surface area contributed by atoms with E-state index in [4.69, 9.17) is 19.9 Å². The summed E-state index contributed by atoms with van der Waals surface area (Å²) in [5, 5.41) is 0. The molecule has 0 aromatic heterocycles. The van der Waals surface area contributed by atoms with Gasteiger partial charge in [0.2, 0.25) is 0 Å². The average molecular weight is 355 g/mol. The number of methoxy groups -OCH3 is 1. The molecule has 0 saturated carbocycles. The van der Waals surface area contributed by atoms with Gasteiger partial charge in [0.05, 0.1) is 29.1 Å². The minimum atomic E-state index is -0.338. The van der Waals surface area contributed by atoms with E-state index in [1.165, 1.54) is 12.1 Å². The molecule has 1 aromatic rings. The van der Waals surface area contributed by atoms with Crippen LogP contribution in [-0.2, 0) is 9.47 Å². The van der Waals surface area contributed by atoms with Crippen LogP contribution in [0, 0.1) is 9.39 Å². The lowest BCUT2D eigenvalue weighted by Crippen LogP contribution is -2.11. The van der Waals surface area contributed by atoms with Crippen LogP contribution in [0.3, 0.4) is 0 Å². The first-order valence-corrected chi connectivity index (χ1v) is 6.17. The van der Waals surface area contributed by atoms with Gasteiger partial charge in [-0.2, -0.15) is 0 Å². The fourth-order valence-corrected chi connectivity index (χ4v) is 1.62. The Morgan fingerprint density at radius 2 is 1.94 bits per heavy atom. The lowest BCUT2D eigenvalue weighted by atomic mass is 10.3. The Morgan fingerprint density at radius 1 is 1.24 bits per heavy atom. The molecule has 6 heteroatoms. The maximum absolute atomic E-state index is 13.2. The molecule has 0 aliphatic rings. The molecular formula is C11H15FINO3. The predicted molar refractivity (Wildman–Crippen MR) is 71.7 cm³/mol. The van der Waals surface area contributed by atoms with Gasteiger partial charge in [0.15, 0.2) is 0 Å². The molecule has 96 valence electrons. The Labute approximate surface area is 113 Å². The molecule has 0 bridgehead atoms. The van der Waals surface area contributed by atoms with Gasteiger partial charge in [0.1, 0.15) is 18.2 Å². The molecule has 17 heavy (non-hydrogen) atoms. The second-order valence-corrected chi connectivity index (χ2v) is 4.42. The van der Waals surface area contributed by atoms with Gasteiger partial charge < -0.3 is 19.9 Å². The van der Waals surface area contributed by atoms with Crippen LogP contribution in [-0.4, -0.2) is 33.5 Å². The Balaban J connectivity index is 2.34. The van der Waals surface area contributed by atoms with Crippen molar-refractivity contribution in [1.29, 1.82) is 0 Å². The third kappa shape index (κ3) is 5.05. The van der Waals surface area contributed by atoms with Gasteiger partial charge in [0.25, 0.3) is 0 Å². The topological polar surface area (TPSA) is 53.7 Å². The summed E-state index contributed by atoms with van der Waals surface area (Å²) >= 11 is 1.88. The van der Waals surface area contributed by atoms with Crippen molar-refractivity contribution in [3.63, 3.8) is 0 Å². The van der Waals surface area contributed by atoms with Gasteiger partial charge >= 0.3 is 0 Å². The summed E-state index contributed by atoms with van der Waals surface area (Å²) in [6, 6.07) is 2.82. The summed E-state index contributed by atoms with van der Waals surface area (Å²) in [6.07, 6.45) is 0. The van der Waals surface area contributed by atoms with Crippen molar-refractivity contribution in [2.45, 2.75) is 0 Å². The van der Waals surface area contributed by atoms with Gasteiger partial charge in [-0.25, -0.2) is 4.39 Å². The molecule has 1 rings (SSSR count). The van der Waals surface area contributed by atoms with E-state index < -0.39 is 0 Å². The SMILES string of the molecule is COCCOCCOc1cc(F)c(I)cc1N. The molecule has 0 saturated heterocycles. The van der Waals surface area contributed by atoms with Crippen molar-refractivity contribution >= 4 is 28.3 Å². The number of rotatable bonds is 7. The summed E-state index contributed by atoms with van der Waals surface area (Å²) in [4.78, 5) is 0. The van der Waals surface area contributed by atoms with Crippen LogP contribution < -0.4 is 10.5 Å². The van der Waals surface area contributed by atoms with Crippen molar-refractivity contribution in [3.05, 3.63) is 21.5 Å². The first-order valence-electron chi connectivity index (χ1n) is 5.09. The molecule has 0 aliphatic heterocycles. The van der Waals surface area contributed by atoms with Crippen LogP contribution in [0.25, 0.3) is 0 Å². The van der Waals surface area contributed by atoms with Crippen LogP contribution in [0.4, 0.5) is 10.1 Å². The minimum absolute atomic E-state index is 0.327. The Kier molecular flexibility index (Phi) is 6.53. The molecule has 0 atom stereocenters. The van der Waals surface area contributed by atoms with Gasteiger partial charge in [-0.15, -0.1) is 0 Å². The number of hydrogen-bond donors (Lipinski definition) is 1. The third-order valence-corrected chi connectivity index (χ3v) is 2.80. The van der Waals surface area contributed by atoms with Gasteiger partial charge in [-0.05, 0) is 28.7 Å². The molecule has 2 N–H and O–H groups in total. The van der Waals surface area contributed by atoms with Crippen LogP contribution in [0.15, 0.2) is 12.1 Å². The zero-order valence-electron chi connectivity index (χ0n) is 9.54. The second kappa shape index (κ2) is 7.67. The van der Waals surface area contributed by atoms with Crippen LogP contribution in [0.2, 0.25) is 0 Å². The fraction of sp³-hybridized carbons (Fsp3) is 0.455. The van der Waals surface area contributed by atoms with E-state index in [9.17, 15) is 4.39 Å². The molecule has 0 fully saturated rings. The Bertz CT molecular complexity index is 363. The minimum Gasteiger partial charge on any atom is -0.489 e. The van der Waals surface area contributed by atoms with E-state index in [0.717, 1.165) is 0 Å². The molecule has 0 spiro atoms. The summed E-state index contributed by atoms with van der Waals surface area (Å²) in [5.41, 5.74) is 6.12. The normalized spacial score (nSPS) is 10.5. The van der Waals surface area contributed by atoms with Crippen molar-refractivity contribution in [3.8, 4) is 5.75 Å². The summed E-state index contributed by atoms with van der Waals surface area (Å²) in [6.45, 7) is 1.79. The largest absolute Gasteiger partial charge is 0.489 e. The average Bonchev–Trinajstić information content (AvgIpc) is 2.30. The Morgan fingerprint density at radius 3 is 2.65 bits per heavy atom. The second-order valence-electron chi connectivity index (χ2n) is 3.26. The summed E-state index contributed by atoms with van der Waals surface area (Å²) in [5.74, 6) is 0.00774. The first kappa shape index (κ1) is 14.5. The summed E-state index contributed by atoms with van der Waals surface area (Å²) < 4.78 is 29.1. The zero-order valence-corrected chi connectivity index (χ0v) is 11.7. The predicted octanol–water partition coefficient (Wildman–Crippen LogP) is 2.05. The molecule has 0 aliphatic carbocycles. The van der Waals surface area contributed by atoms with E-state index in [2.05, 4.69) is 0 Å². The lowest BCUT2D eigenvalue weighted by molar-refractivity contribution is 0.0545. The fourth-order valence-electron chi connectivity index (χ4n) is 1.12. The molecule has 4 nitrogen and oxygen atoms in total. The van der Waals surface area contributed by atoms with Crippen molar-refractivity contribution in [2.24, 2.45) is 0 Å². The van der Waals surface area contributed by atoms with Gasteiger partial charge in [0, 0.05) is 13.2 Å². The zero-order chi connectivity index (χ0) is 12.7. The number of halogens is 2. The van der Waals surface area contributed by atoms with Gasteiger partial charge in [-0.1, -0.05) is 0 Å². The number of nitrogen functional groups attached to an aromatic ring is 1. The highest BCUT2D eigenvalue weighted by Gasteiger charge is 2.06. The van der Waals surface area contributed by atoms with Crippen molar-refractivity contribution in [1.82, 2.24) is 0 Å². The number of benzene rings is 1. The van der Waals surface area contributed by atoms with E-state index >= 15 is 0 Å². The van der Waals surface area contributed by atoms with E-state index in [1.807, 2.05) is 22.6 Å². The standard InChI is InChI=1S/C11H15FINO3/c1-15-2-3-16-4-5-17-11-6-8(12)9(13)7-10(11)14/h6-7H,2-5,14H2,1H3. The van der Waals surface area contributed by atoms with Crippen LogP contribution in [0.1, 0.15) is 0 Å². The number of nitrogens with two attached hydrogens (primary N) is 1. The maximum atomic E-state index is 13.2. The highest BCUT2D eigenvalue weighted by Crippen LogP contribution is 2.26. The maximum Gasteiger partial charge on any atom is 0.145 e. The molecule has 0 unspecified atom stereocenters. The number of anilines is 1. The monoisotopic (exact) mass is 355 g/mol. The van der Waals surface area contributed by atoms with E-state index in [-0.39, 0.29) is 5.82 Å². The van der Waals surface area contributed by atoms with Crippen LogP contribution >= 0.6 is 22.6 Å². The highest BCUT2D eigenvalue weighted by molar-refractivity contribution is 14.1. The smallest absolute Gasteiger partial charge is 0.145 e.